The highest BCUT2D eigenvalue weighted by molar-refractivity contribution is 5.82. The summed E-state index contributed by atoms with van der Waals surface area (Å²) < 4.78 is 0. The second-order valence-electron chi connectivity index (χ2n) is 4.91. The zero-order valence-electron chi connectivity index (χ0n) is 8.94. The number of amides is 1. The van der Waals surface area contributed by atoms with E-state index >= 15 is 0 Å². The summed E-state index contributed by atoms with van der Waals surface area (Å²) in [6.45, 7) is 3.14. The lowest BCUT2D eigenvalue weighted by Gasteiger charge is -2.40. The van der Waals surface area contributed by atoms with Crippen LogP contribution in [0.4, 0.5) is 0 Å². The highest BCUT2D eigenvalue weighted by Crippen LogP contribution is 2.31. The van der Waals surface area contributed by atoms with Crippen LogP contribution >= 0.6 is 0 Å². The first-order chi connectivity index (χ1) is 6.70. The molecule has 2 N–H and O–H groups in total. The Hall–Kier alpha value is -0.570. The number of carbonyl (C=O) groups excluding carboxylic acids is 1. The average molecular weight is 196 g/mol. The predicted octanol–water partition coefficient (Wildman–Crippen LogP) is 1.19. The molecule has 2 aliphatic rings. The van der Waals surface area contributed by atoms with E-state index < -0.39 is 0 Å². The van der Waals surface area contributed by atoms with Crippen LogP contribution in [0.1, 0.15) is 45.4 Å². The predicted molar refractivity (Wildman–Crippen MR) is 56.0 cm³/mol. The summed E-state index contributed by atoms with van der Waals surface area (Å²) in [7, 11) is 0. The van der Waals surface area contributed by atoms with Gasteiger partial charge in [0.25, 0.3) is 0 Å². The molecule has 14 heavy (non-hydrogen) atoms. The van der Waals surface area contributed by atoms with E-state index in [-0.39, 0.29) is 17.5 Å². The van der Waals surface area contributed by atoms with Crippen LogP contribution in [0.25, 0.3) is 0 Å². The van der Waals surface area contributed by atoms with Crippen LogP contribution in [0.3, 0.4) is 0 Å². The first-order valence-electron chi connectivity index (χ1n) is 5.75. The Morgan fingerprint density at radius 2 is 2.14 bits per heavy atom. The van der Waals surface area contributed by atoms with E-state index in [1.165, 1.54) is 19.3 Å². The molecule has 0 aromatic heterocycles. The lowest BCUT2D eigenvalue weighted by Crippen LogP contribution is -2.57. The Morgan fingerprint density at radius 3 is 2.64 bits per heavy atom. The van der Waals surface area contributed by atoms with Gasteiger partial charge in [0.05, 0.1) is 6.04 Å². The van der Waals surface area contributed by atoms with Crippen molar-refractivity contribution < 1.29 is 4.79 Å². The van der Waals surface area contributed by atoms with Gasteiger partial charge in [0.15, 0.2) is 0 Å². The minimum Gasteiger partial charge on any atom is -0.350 e. The maximum atomic E-state index is 11.8. The van der Waals surface area contributed by atoms with Crippen molar-refractivity contribution in [3.8, 4) is 0 Å². The number of hydrogen-bond donors (Lipinski definition) is 2. The maximum absolute atomic E-state index is 11.8. The molecule has 0 aromatic rings. The summed E-state index contributed by atoms with van der Waals surface area (Å²) >= 11 is 0. The zero-order valence-corrected chi connectivity index (χ0v) is 8.94. The second-order valence-corrected chi connectivity index (χ2v) is 4.91. The van der Waals surface area contributed by atoms with Crippen molar-refractivity contribution in [1.82, 2.24) is 10.6 Å². The van der Waals surface area contributed by atoms with Gasteiger partial charge in [-0.3, -0.25) is 4.79 Å². The van der Waals surface area contributed by atoms with Gasteiger partial charge in [-0.05, 0) is 45.6 Å². The van der Waals surface area contributed by atoms with Gasteiger partial charge < -0.3 is 10.6 Å². The molecule has 1 atom stereocenters. The van der Waals surface area contributed by atoms with Gasteiger partial charge in [0, 0.05) is 5.54 Å². The zero-order chi connectivity index (χ0) is 10.0. The minimum absolute atomic E-state index is 0.0705. The van der Waals surface area contributed by atoms with E-state index in [9.17, 15) is 4.79 Å². The summed E-state index contributed by atoms with van der Waals surface area (Å²) in [6.07, 6.45) is 6.94. The van der Waals surface area contributed by atoms with E-state index in [1.54, 1.807) is 0 Å². The van der Waals surface area contributed by atoms with Gasteiger partial charge in [0.2, 0.25) is 5.91 Å². The Balaban J connectivity index is 1.81. The first kappa shape index (κ1) is 9.97. The number of rotatable bonds is 2. The molecule has 1 amide bonds. The Bertz CT molecular complexity index is 217. The van der Waals surface area contributed by atoms with Gasteiger partial charge in [-0.1, -0.05) is 6.42 Å². The number of nitrogens with one attached hydrogen (secondary N) is 2. The van der Waals surface area contributed by atoms with Gasteiger partial charge in [-0.2, -0.15) is 0 Å². The van der Waals surface area contributed by atoms with Crippen LogP contribution in [0.5, 0.6) is 0 Å². The monoisotopic (exact) mass is 196 g/mol. The molecule has 3 heteroatoms. The molecule has 0 aromatic carbocycles. The first-order valence-corrected chi connectivity index (χ1v) is 5.75. The van der Waals surface area contributed by atoms with E-state index in [2.05, 4.69) is 17.6 Å². The fourth-order valence-corrected chi connectivity index (χ4v) is 2.29. The summed E-state index contributed by atoms with van der Waals surface area (Å²) in [5.74, 6) is 0.215. The molecule has 1 unspecified atom stereocenters. The van der Waals surface area contributed by atoms with Gasteiger partial charge >= 0.3 is 0 Å². The van der Waals surface area contributed by atoms with E-state index in [4.69, 9.17) is 0 Å². The molecule has 1 saturated heterocycles. The highest BCUT2D eigenvalue weighted by atomic mass is 16.2. The van der Waals surface area contributed by atoms with E-state index in [0.717, 1.165) is 25.8 Å². The third-order valence-corrected chi connectivity index (χ3v) is 3.51. The number of piperidine rings is 1. The third-order valence-electron chi connectivity index (χ3n) is 3.51. The quantitative estimate of drug-likeness (QED) is 0.696. The minimum atomic E-state index is 0.0705. The summed E-state index contributed by atoms with van der Waals surface area (Å²) in [5.41, 5.74) is 0.107. The standard InChI is InChI=1S/C11H20N2O/c1-11(6-4-7-11)13-10(14)9-5-2-3-8-12-9/h9,12H,2-8H2,1H3,(H,13,14). The molecule has 1 aliphatic heterocycles. The van der Waals surface area contributed by atoms with Crippen LogP contribution in [0.2, 0.25) is 0 Å². The van der Waals surface area contributed by atoms with Crippen molar-refractivity contribution in [3.05, 3.63) is 0 Å². The molecular formula is C11H20N2O. The lowest BCUT2D eigenvalue weighted by molar-refractivity contribution is -0.126. The van der Waals surface area contributed by atoms with Crippen LogP contribution < -0.4 is 10.6 Å². The van der Waals surface area contributed by atoms with Crippen molar-refractivity contribution in [1.29, 1.82) is 0 Å². The van der Waals surface area contributed by atoms with E-state index in [1.807, 2.05) is 0 Å². The Labute approximate surface area is 85.6 Å². The highest BCUT2D eigenvalue weighted by Gasteiger charge is 2.35. The molecule has 1 aliphatic carbocycles. The normalized spacial score (nSPS) is 30.5. The summed E-state index contributed by atoms with van der Waals surface area (Å²) in [4.78, 5) is 11.8. The number of carbonyl (C=O) groups is 1. The van der Waals surface area contributed by atoms with Crippen molar-refractivity contribution in [3.63, 3.8) is 0 Å². The topological polar surface area (TPSA) is 41.1 Å². The van der Waals surface area contributed by atoms with Crippen LogP contribution in [-0.4, -0.2) is 24.0 Å². The van der Waals surface area contributed by atoms with Crippen molar-refractivity contribution >= 4 is 5.91 Å². The molecular weight excluding hydrogens is 176 g/mol. The largest absolute Gasteiger partial charge is 0.350 e. The average Bonchev–Trinajstić information content (AvgIpc) is 2.17. The molecule has 3 nitrogen and oxygen atoms in total. The third kappa shape index (κ3) is 2.08. The van der Waals surface area contributed by atoms with Crippen molar-refractivity contribution in [2.24, 2.45) is 0 Å². The van der Waals surface area contributed by atoms with Crippen LogP contribution in [0.15, 0.2) is 0 Å². The SMILES string of the molecule is CC1(NC(=O)C2CCCCN2)CCC1. The van der Waals surface area contributed by atoms with Gasteiger partial charge in [0.1, 0.15) is 0 Å². The Morgan fingerprint density at radius 1 is 1.36 bits per heavy atom. The molecule has 2 rings (SSSR count). The molecule has 2 fully saturated rings. The van der Waals surface area contributed by atoms with Gasteiger partial charge in [-0.25, -0.2) is 0 Å². The molecule has 1 saturated carbocycles. The fourth-order valence-electron chi connectivity index (χ4n) is 2.29. The second kappa shape index (κ2) is 3.89. The van der Waals surface area contributed by atoms with Gasteiger partial charge in [-0.15, -0.1) is 0 Å². The van der Waals surface area contributed by atoms with Crippen LogP contribution in [0, 0.1) is 0 Å². The van der Waals surface area contributed by atoms with Crippen molar-refractivity contribution in [2.45, 2.75) is 57.0 Å². The molecule has 0 radical (unpaired) electrons. The number of hydrogen-bond acceptors (Lipinski definition) is 2. The van der Waals surface area contributed by atoms with E-state index in [0.29, 0.717) is 0 Å². The molecule has 0 spiro atoms. The summed E-state index contributed by atoms with van der Waals surface area (Å²) in [6, 6.07) is 0.0705. The maximum Gasteiger partial charge on any atom is 0.237 e. The summed E-state index contributed by atoms with van der Waals surface area (Å²) in [5, 5.41) is 6.44. The lowest BCUT2D eigenvalue weighted by atomic mass is 9.78. The van der Waals surface area contributed by atoms with Crippen LogP contribution in [-0.2, 0) is 4.79 Å². The molecule has 1 heterocycles. The fraction of sp³-hybridized carbons (Fsp3) is 0.909. The smallest absolute Gasteiger partial charge is 0.237 e. The Kier molecular flexibility index (Phi) is 2.77. The molecule has 80 valence electrons. The van der Waals surface area contributed by atoms with Crippen molar-refractivity contribution in [2.75, 3.05) is 6.54 Å². The molecule has 0 bridgehead atoms.